The number of hydrogen-bond acceptors (Lipinski definition) is 3. The number of aryl methyl sites for hydroxylation is 1. The van der Waals surface area contributed by atoms with E-state index in [1.165, 1.54) is 24.3 Å². The number of rotatable bonds is 5. The normalized spacial score (nSPS) is 15.4. The molecule has 0 amide bonds. The molecule has 0 fully saturated rings. The van der Waals surface area contributed by atoms with E-state index in [9.17, 15) is 23.1 Å². The molecule has 2 unspecified atom stereocenters. The summed E-state index contributed by atoms with van der Waals surface area (Å²) in [5, 5.41) is 10.4. The Kier molecular flexibility index (Phi) is 6.02. The van der Waals surface area contributed by atoms with Crippen molar-refractivity contribution in [3.05, 3.63) is 68.7 Å². The third kappa shape index (κ3) is 4.20. The van der Waals surface area contributed by atoms with Gasteiger partial charge in [0.25, 0.3) is 0 Å². The smallest absolute Gasteiger partial charge is 0.376 e. The molecule has 0 heterocycles. The summed E-state index contributed by atoms with van der Waals surface area (Å²) >= 11 is 11.6. The number of aliphatic hydroxyl groups is 1. The largest absolute Gasteiger partial charge is 0.421 e. The lowest BCUT2D eigenvalue weighted by Gasteiger charge is -2.33. The molecular weight excluding hydrogens is 390 g/mol. The summed E-state index contributed by atoms with van der Waals surface area (Å²) in [6, 6.07) is 6.60. The van der Waals surface area contributed by atoms with Crippen LogP contribution in [0.5, 0.6) is 0 Å². The van der Waals surface area contributed by atoms with Crippen LogP contribution in [-0.2, 0) is 5.60 Å². The van der Waals surface area contributed by atoms with Crippen molar-refractivity contribution < 1.29 is 23.1 Å². The quantitative estimate of drug-likeness (QED) is 0.691. The van der Waals surface area contributed by atoms with E-state index in [2.05, 4.69) is 0 Å². The van der Waals surface area contributed by atoms with Gasteiger partial charge in [-0.05, 0) is 41.8 Å². The second kappa shape index (κ2) is 7.56. The van der Waals surface area contributed by atoms with Crippen LogP contribution in [0.4, 0.5) is 13.2 Å². The summed E-state index contributed by atoms with van der Waals surface area (Å²) in [4.78, 5) is 10.9. The van der Waals surface area contributed by atoms with Gasteiger partial charge < -0.3 is 10.8 Å². The van der Waals surface area contributed by atoms with E-state index >= 15 is 0 Å². The molecule has 140 valence electrons. The fraction of sp³-hybridized carbons (Fsp3) is 0.278. The van der Waals surface area contributed by atoms with Gasteiger partial charge in [0.2, 0.25) is 0 Å². The summed E-state index contributed by atoms with van der Waals surface area (Å²) in [6.07, 6.45) is -5.20. The first-order valence-corrected chi connectivity index (χ1v) is 8.30. The van der Waals surface area contributed by atoms with Crippen molar-refractivity contribution in [2.45, 2.75) is 31.2 Å². The summed E-state index contributed by atoms with van der Waals surface area (Å²) in [5.74, 6) is 0. The second-order valence-electron chi connectivity index (χ2n) is 6.06. The molecule has 3 N–H and O–H groups in total. The lowest BCUT2D eigenvalue weighted by Crippen LogP contribution is -2.44. The maximum Gasteiger partial charge on any atom is 0.421 e. The molecule has 0 aliphatic heterocycles. The first-order chi connectivity index (χ1) is 12.0. The van der Waals surface area contributed by atoms with E-state index in [0.29, 0.717) is 23.0 Å². The van der Waals surface area contributed by atoms with Crippen LogP contribution in [0.2, 0.25) is 10.0 Å². The minimum absolute atomic E-state index is 0.0325. The third-order valence-corrected chi connectivity index (χ3v) is 4.61. The minimum atomic E-state index is -5.00. The monoisotopic (exact) mass is 405 g/mol. The molecule has 0 saturated carbocycles. The average molecular weight is 406 g/mol. The van der Waals surface area contributed by atoms with E-state index in [1.54, 1.807) is 6.92 Å². The zero-order valence-corrected chi connectivity index (χ0v) is 15.2. The average Bonchev–Trinajstić information content (AvgIpc) is 2.52. The van der Waals surface area contributed by atoms with Gasteiger partial charge in [0.15, 0.2) is 5.60 Å². The van der Waals surface area contributed by atoms with Gasteiger partial charge >= 0.3 is 6.18 Å². The summed E-state index contributed by atoms with van der Waals surface area (Å²) < 4.78 is 41.1. The van der Waals surface area contributed by atoms with Crippen molar-refractivity contribution in [1.29, 1.82) is 0 Å². The molecule has 8 heteroatoms. The van der Waals surface area contributed by atoms with E-state index < -0.39 is 29.8 Å². The van der Waals surface area contributed by atoms with Crippen LogP contribution in [-0.4, -0.2) is 17.6 Å². The number of aldehydes is 1. The molecule has 26 heavy (non-hydrogen) atoms. The Balaban J connectivity index is 2.45. The molecule has 2 atom stereocenters. The van der Waals surface area contributed by atoms with Crippen molar-refractivity contribution >= 4 is 29.5 Å². The van der Waals surface area contributed by atoms with Crippen LogP contribution >= 0.6 is 23.2 Å². The van der Waals surface area contributed by atoms with Crippen molar-refractivity contribution in [3.8, 4) is 0 Å². The summed E-state index contributed by atoms with van der Waals surface area (Å²) in [5.41, 5.74) is 3.57. The van der Waals surface area contributed by atoms with Gasteiger partial charge in [-0.25, -0.2) is 0 Å². The SMILES string of the molecule is Cc1cc(C(N)CC(O)(c2cc(Cl)cc(Cl)c2)C(F)(F)F)ccc1C=O. The Morgan fingerprint density at radius 1 is 1.15 bits per heavy atom. The van der Waals surface area contributed by atoms with Crippen LogP contribution < -0.4 is 5.73 Å². The van der Waals surface area contributed by atoms with E-state index in [1.807, 2.05) is 0 Å². The first kappa shape index (κ1) is 20.7. The van der Waals surface area contributed by atoms with Gasteiger partial charge in [0.05, 0.1) is 0 Å². The van der Waals surface area contributed by atoms with Gasteiger partial charge in [0.1, 0.15) is 6.29 Å². The molecule has 0 saturated heterocycles. The zero-order valence-electron chi connectivity index (χ0n) is 13.6. The molecule has 0 bridgehead atoms. The number of hydrogen-bond donors (Lipinski definition) is 2. The molecule has 0 radical (unpaired) electrons. The summed E-state index contributed by atoms with van der Waals surface area (Å²) in [6.45, 7) is 1.65. The van der Waals surface area contributed by atoms with Gasteiger partial charge in [-0.15, -0.1) is 0 Å². The van der Waals surface area contributed by atoms with Crippen molar-refractivity contribution in [2.24, 2.45) is 5.73 Å². The number of benzene rings is 2. The Morgan fingerprint density at radius 3 is 2.19 bits per heavy atom. The zero-order chi connectivity index (χ0) is 19.7. The lowest BCUT2D eigenvalue weighted by atomic mass is 9.84. The predicted molar refractivity (Wildman–Crippen MR) is 94.5 cm³/mol. The van der Waals surface area contributed by atoms with E-state index in [-0.39, 0.29) is 10.0 Å². The fourth-order valence-corrected chi connectivity index (χ4v) is 3.21. The highest BCUT2D eigenvalue weighted by Crippen LogP contribution is 2.45. The maximum absolute atomic E-state index is 13.7. The van der Waals surface area contributed by atoms with Gasteiger partial charge in [-0.1, -0.05) is 41.4 Å². The molecule has 3 nitrogen and oxygen atoms in total. The maximum atomic E-state index is 13.7. The second-order valence-corrected chi connectivity index (χ2v) is 6.93. The van der Waals surface area contributed by atoms with Crippen molar-refractivity contribution in [3.63, 3.8) is 0 Å². The fourth-order valence-electron chi connectivity index (χ4n) is 2.69. The van der Waals surface area contributed by atoms with Gasteiger partial charge in [-0.2, -0.15) is 13.2 Å². The highest BCUT2D eigenvalue weighted by atomic mass is 35.5. The first-order valence-electron chi connectivity index (χ1n) is 7.55. The number of halogens is 5. The van der Waals surface area contributed by atoms with Crippen LogP contribution in [0.1, 0.15) is 39.5 Å². The van der Waals surface area contributed by atoms with E-state index in [0.717, 1.165) is 12.1 Å². The Labute approximate surface area is 158 Å². The molecular formula is C18H16Cl2F3NO2. The Bertz CT molecular complexity index is 806. The topological polar surface area (TPSA) is 63.3 Å². The van der Waals surface area contributed by atoms with Crippen LogP contribution in [0, 0.1) is 6.92 Å². The Hall–Kier alpha value is -1.60. The molecule has 0 aliphatic carbocycles. The number of carbonyl (C=O) groups excluding carboxylic acids is 1. The minimum Gasteiger partial charge on any atom is -0.376 e. The summed E-state index contributed by atoms with van der Waals surface area (Å²) in [7, 11) is 0. The van der Waals surface area contributed by atoms with E-state index in [4.69, 9.17) is 28.9 Å². The van der Waals surface area contributed by atoms with Crippen molar-refractivity contribution in [1.82, 2.24) is 0 Å². The standard InChI is InChI=1S/C18H16Cl2F3NO2/c1-10-4-11(2-3-12(10)9-25)16(24)8-17(26,18(21,22)23)13-5-14(19)7-15(20)6-13/h2-7,9,16,26H,8,24H2,1H3. The van der Waals surface area contributed by atoms with Crippen LogP contribution in [0.3, 0.4) is 0 Å². The molecule has 2 rings (SSSR count). The number of carbonyl (C=O) groups is 1. The molecule has 2 aromatic carbocycles. The third-order valence-electron chi connectivity index (χ3n) is 4.17. The Morgan fingerprint density at radius 2 is 1.73 bits per heavy atom. The number of alkyl halides is 3. The van der Waals surface area contributed by atoms with Gasteiger partial charge in [-0.3, -0.25) is 4.79 Å². The van der Waals surface area contributed by atoms with Crippen LogP contribution in [0.15, 0.2) is 36.4 Å². The van der Waals surface area contributed by atoms with Gasteiger partial charge in [0, 0.05) is 28.1 Å². The van der Waals surface area contributed by atoms with Crippen LogP contribution in [0.25, 0.3) is 0 Å². The highest BCUT2D eigenvalue weighted by molar-refractivity contribution is 6.34. The molecule has 0 spiro atoms. The molecule has 0 aliphatic rings. The predicted octanol–water partition coefficient (Wildman–Crippen LogP) is 4.95. The highest BCUT2D eigenvalue weighted by Gasteiger charge is 2.55. The van der Waals surface area contributed by atoms with Crippen molar-refractivity contribution in [2.75, 3.05) is 0 Å². The number of nitrogens with two attached hydrogens (primary N) is 1. The lowest BCUT2D eigenvalue weighted by molar-refractivity contribution is -0.270. The molecule has 2 aromatic rings. The molecule has 0 aromatic heterocycles.